The van der Waals surface area contributed by atoms with E-state index in [1.54, 1.807) is 11.3 Å². The Labute approximate surface area is 87.2 Å². The summed E-state index contributed by atoms with van der Waals surface area (Å²) in [5.74, 6) is 0. The first-order valence-electron chi connectivity index (χ1n) is 4.54. The number of rotatable bonds is 3. The standard InChI is InChI=1S/C11H11NOS/c1-2-13-11-12-8-10(14-11)9-6-4-3-5-7-9/h3-8H,2H2,1H3. The summed E-state index contributed by atoms with van der Waals surface area (Å²) < 4.78 is 5.32. The second-order valence-corrected chi connectivity index (χ2v) is 3.78. The van der Waals surface area contributed by atoms with E-state index >= 15 is 0 Å². The van der Waals surface area contributed by atoms with Crippen molar-refractivity contribution in [3.8, 4) is 15.6 Å². The molecule has 3 heteroatoms. The third-order valence-corrected chi connectivity index (χ3v) is 2.77. The minimum Gasteiger partial charge on any atom is -0.470 e. The van der Waals surface area contributed by atoms with Gasteiger partial charge in [0.2, 0.25) is 0 Å². The smallest absolute Gasteiger partial charge is 0.273 e. The van der Waals surface area contributed by atoms with E-state index in [4.69, 9.17) is 4.74 Å². The van der Waals surface area contributed by atoms with Gasteiger partial charge in [0, 0.05) is 6.20 Å². The number of hydrogen-bond donors (Lipinski definition) is 0. The number of hydrogen-bond acceptors (Lipinski definition) is 3. The van der Waals surface area contributed by atoms with Gasteiger partial charge in [0.25, 0.3) is 5.19 Å². The highest BCUT2D eigenvalue weighted by atomic mass is 32.1. The minimum absolute atomic E-state index is 0.668. The van der Waals surface area contributed by atoms with Gasteiger partial charge in [0.15, 0.2) is 0 Å². The summed E-state index contributed by atoms with van der Waals surface area (Å²) in [6, 6.07) is 10.2. The van der Waals surface area contributed by atoms with Crippen LogP contribution in [0.1, 0.15) is 6.92 Å². The molecule has 1 aromatic carbocycles. The molecule has 2 aromatic rings. The van der Waals surface area contributed by atoms with Crippen molar-refractivity contribution >= 4 is 11.3 Å². The lowest BCUT2D eigenvalue weighted by atomic mass is 10.2. The van der Waals surface area contributed by atoms with Crippen LogP contribution in [0, 0.1) is 0 Å². The van der Waals surface area contributed by atoms with Gasteiger partial charge in [-0.1, -0.05) is 41.7 Å². The van der Waals surface area contributed by atoms with Crippen LogP contribution in [0.15, 0.2) is 36.5 Å². The van der Waals surface area contributed by atoms with Crippen LogP contribution in [0.2, 0.25) is 0 Å². The van der Waals surface area contributed by atoms with E-state index < -0.39 is 0 Å². The molecule has 0 aliphatic heterocycles. The molecule has 0 aliphatic rings. The molecule has 0 spiro atoms. The zero-order valence-corrected chi connectivity index (χ0v) is 8.75. The normalized spacial score (nSPS) is 10.1. The summed E-state index contributed by atoms with van der Waals surface area (Å²) in [7, 11) is 0. The first-order valence-corrected chi connectivity index (χ1v) is 5.36. The molecule has 0 fully saturated rings. The van der Waals surface area contributed by atoms with Crippen LogP contribution in [-0.2, 0) is 0 Å². The molecule has 0 unspecified atom stereocenters. The summed E-state index contributed by atoms with van der Waals surface area (Å²) in [6.45, 7) is 2.63. The van der Waals surface area contributed by atoms with Crippen molar-refractivity contribution in [1.29, 1.82) is 0 Å². The quantitative estimate of drug-likeness (QED) is 0.767. The lowest BCUT2D eigenvalue weighted by molar-refractivity contribution is 0.338. The molecule has 0 saturated carbocycles. The van der Waals surface area contributed by atoms with Crippen molar-refractivity contribution in [3.63, 3.8) is 0 Å². The van der Waals surface area contributed by atoms with Gasteiger partial charge in [-0.3, -0.25) is 0 Å². The van der Waals surface area contributed by atoms with Crippen LogP contribution < -0.4 is 4.74 Å². The molecule has 1 heterocycles. The highest BCUT2D eigenvalue weighted by molar-refractivity contribution is 7.16. The molecule has 0 aliphatic carbocycles. The molecular weight excluding hydrogens is 194 g/mol. The van der Waals surface area contributed by atoms with E-state index in [1.165, 1.54) is 5.56 Å². The first-order chi connectivity index (χ1) is 6.90. The zero-order chi connectivity index (χ0) is 9.80. The molecule has 0 bridgehead atoms. The average Bonchev–Trinajstić information content (AvgIpc) is 2.68. The Hall–Kier alpha value is -1.35. The van der Waals surface area contributed by atoms with E-state index in [0.717, 1.165) is 10.1 Å². The second-order valence-electron chi connectivity index (χ2n) is 2.79. The molecule has 0 N–H and O–H groups in total. The molecule has 0 atom stereocenters. The Morgan fingerprint density at radius 3 is 2.79 bits per heavy atom. The fraction of sp³-hybridized carbons (Fsp3) is 0.182. The first kappa shape index (κ1) is 9.21. The van der Waals surface area contributed by atoms with E-state index in [2.05, 4.69) is 17.1 Å². The highest BCUT2D eigenvalue weighted by Gasteiger charge is 2.03. The molecule has 1 aromatic heterocycles. The third-order valence-electron chi connectivity index (χ3n) is 1.81. The fourth-order valence-corrected chi connectivity index (χ4v) is 2.01. The maximum atomic E-state index is 5.32. The Balaban J connectivity index is 2.25. The second kappa shape index (κ2) is 4.24. The van der Waals surface area contributed by atoms with Gasteiger partial charge >= 0.3 is 0 Å². The number of thiazole rings is 1. The molecule has 0 amide bonds. The Morgan fingerprint density at radius 2 is 2.07 bits per heavy atom. The van der Waals surface area contributed by atoms with Gasteiger partial charge in [-0.2, -0.15) is 0 Å². The van der Waals surface area contributed by atoms with Crippen molar-refractivity contribution in [2.45, 2.75) is 6.92 Å². The lowest BCUT2D eigenvalue weighted by Crippen LogP contribution is -1.88. The SMILES string of the molecule is CCOc1ncc(-c2ccccc2)s1. The van der Waals surface area contributed by atoms with Crippen molar-refractivity contribution in [2.24, 2.45) is 0 Å². The maximum absolute atomic E-state index is 5.32. The maximum Gasteiger partial charge on any atom is 0.273 e. The van der Waals surface area contributed by atoms with E-state index in [-0.39, 0.29) is 0 Å². The lowest BCUT2D eigenvalue weighted by Gasteiger charge is -1.95. The molecule has 2 rings (SSSR count). The summed E-state index contributed by atoms with van der Waals surface area (Å²) in [6.07, 6.45) is 1.85. The topological polar surface area (TPSA) is 22.1 Å². The largest absolute Gasteiger partial charge is 0.470 e. The number of benzene rings is 1. The van der Waals surface area contributed by atoms with Gasteiger partial charge in [-0.05, 0) is 12.5 Å². The van der Waals surface area contributed by atoms with Crippen molar-refractivity contribution in [2.75, 3.05) is 6.61 Å². The Bertz CT molecular complexity index is 397. The van der Waals surface area contributed by atoms with E-state index in [9.17, 15) is 0 Å². The van der Waals surface area contributed by atoms with Crippen molar-refractivity contribution in [3.05, 3.63) is 36.5 Å². The van der Waals surface area contributed by atoms with Crippen molar-refractivity contribution < 1.29 is 4.74 Å². The van der Waals surface area contributed by atoms with Crippen LogP contribution in [-0.4, -0.2) is 11.6 Å². The van der Waals surface area contributed by atoms with E-state index in [0.29, 0.717) is 6.61 Å². The van der Waals surface area contributed by atoms with Crippen LogP contribution in [0.4, 0.5) is 0 Å². The Morgan fingerprint density at radius 1 is 1.29 bits per heavy atom. The zero-order valence-electron chi connectivity index (χ0n) is 7.93. The predicted molar refractivity (Wildman–Crippen MR) is 58.7 cm³/mol. The van der Waals surface area contributed by atoms with Crippen LogP contribution in [0.25, 0.3) is 10.4 Å². The van der Waals surface area contributed by atoms with Gasteiger partial charge in [-0.15, -0.1) is 0 Å². The number of aromatic nitrogens is 1. The molecular formula is C11H11NOS. The molecule has 0 radical (unpaired) electrons. The van der Waals surface area contributed by atoms with Gasteiger partial charge in [0.05, 0.1) is 11.5 Å². The summed E-state index contributed by atoms with van der Waals surface area (Å²) in [4.78, 5) is 5.33. The number of nitrogens with zero attached hydrogens (tertiary/aromatic N) is 1. The monoisotopic (exact) mass is 205 g/mol. The van der Waals surface area contributed by atoms with Gasteiger partial charge in [-0.25, -0.2) is 4.98 Å². The minimum atomic E-state index is 0.668. The molecule has 0 saturated heterocycles. The number of ether oxygens (including phenoxy) is 1. The van der Waals surface area contributed by atoms with Gasteiger partial charge < -0.3 is 4.74 Å². The van der Waals surface area contributed by atoms with Crippen LogP contribution in [0.3, 0.4) is 0 Å². The summed E-state index contributed by atoms with van der Waals surface area (Å²) in [5.41, 5.74) is 1.19. The van der Waals surface area contributed by atoms with Gasteiger partial charge in [0.1, 0.15) is 0 Å². The summed E-state index contributed by atoms with van der Waals surface area (Å²) in [5, 5.41) is 0.742. The Kier molecular flexibility index (Phi) is 2.79. The summed E-state index contributed by atoms with van der Waals surface area (Å²) >= 11 is 1.58. The third kappa shape index (κ3) is 1.93. The van der Waals surface area contributed by atoms with E-state index in [1.807, 2.05) is 31.3 Å². The average molecular weight is 205 g/mol. The molecule has 14 heavy (non-hydrogen) atoms. The molecule has 72 valence electrons. The van der Waals surface area contributed by atoms with Crippen LogP contribution >= 0.6 is 11.3 Å². The predicted octanol–water partition coefficient (Wildman–Crippen LogP) is 3.21. The van der Waals surface area contributed by atoms with Crippen LogP contribution in [0.5, 0.6) is 5.19 Å². The highest BCUT2D eigenvalue weighted by Crippen LogP contribution is 2.29. The molecule has 2 nitrogen and oxygen atoms in total. The van der Waals surface area contributed by atoms with Crippen molar-refractivity contribution in [1.82, 2.24) is 4.98 Å². The fourth-order valence-electron chi connectivity index (χ4n) is 1.18.